The number of hydrogen-bond acceptors (Lipinski definition) is 5. The maximum absolute atomic E-state index is 12.0. The molecule has 2 rings (SSSR count). The Morgan fingerprint density at radius 2 is 2.29 bits per heavy atom. The Hall–Kier alpha value is -2.02. The first-order valence-electron chi connectivity index (χ1n) is 5.17. The van der Waals surface area contributed by atoms with Crippen molar-refractivity contribution in [1.82, 2.24) is 24.5 Å². The van der Waals surface area contributed by atoms with Crippen LogP contribution in [0.4, 0.5) is 0 Å². The van der Waals surface area contributed by atoms with Crippen molar-refractivity contribution in [2.75, 3.05) is 20.2 Å². The lowest BCUT2D eigenvalue weighted by Gasteiger charge is -2.16. The molecule has 0 aliphatic carbocycles. The van der Waals surface area contributed by atoms with E-state index in [1.54, 1.807) is 14.0 Å². The van der Waals surface area contributed by atoms with Crippen molar-refractivity contribution in [2.24, 2.45) is 0 Å². The number of aryl methyl sites for hydroxylation is 1. The van der Waals surface area contributed by atoms with Crippen LogP contribution in [0.5, 0.6) is 0 Å². The molecule has 90 valence electrons. The van der Waals surface area contributed by atoms with E-state index < -0.39 is 0 Å². The fraction of sp³-hybridized carbons (Fsp3) is 0.400. The number of nitrogens with zero attached hydrogens (tertiary/aromatic N) is 5. The predicted octanol–water partition coefficient (Wildman–Crippen LogP) is -0.503. The molecule has 0 aliphatic rings. The van der Waals surface area contributed by atoms with E-state index in [-0.39, 0.29) is 19.1 Å². The molecule has 7 heteroatoms. The van der Waals surface area contributed by atoms with Crippen molar-refractivity contribution in [3.05, 3.63) is 23.8 Å². The quantitative estimate of drug-likeness (QED) is 0.775. The van der Waals surface area contributed by atoms with Crippen LogP contribution in [-0.4, -0.2) is 55.7 Å². The zero-order valence-electron chi connectivity index (χ0n) is 9.66. The molecule has 0 saturated heterocycles. The van der Waals surface area contributed by atoms with Crippen LogP contribution in [0.1, 0.15) is 16.1 Å². The van der Waals surface area contributed by atoms with Crippen molar-refractivity contribution in [3.8, 4) is 0 Å². The molecule has 0 atom stereocenters. The topological polar surface area (TPSA) is 83.6 Å². The molecule has 1 amide bonds. The van der Waals surface area contributed by atoms with Gasteiger partial charge in [0.25, 0.3) is 11.7 Å². The van der Waals surface area contributed by atoms with E-state index in [1.807, 2.05) is 0 Å². The van der Waals surface area contributed by atoms with Gasteiger partial charge in [-0.1, -0.05) is 0 Å². The second-order valence-electron chi connectivity index (χ2n) is 3.68. The lowest BCUT2D eigenvalue weighted by Crippen LogP contribution is -2.30. The molecule has 2 heterocycles. The van der Waals surface area contributed by atoms with Crippen LogP contribution in [0, 0.1) is 6.92 Å². The molecule has 17 heavy (non-hydrogen) atoms. The highest BCUT2D eigenvalue weighted by Gasteiger charge is 2.16. The molecular weight excluding hydrogens is 222 g/mol. The van der Waals surface area contributed by atoms with Crippen molar-refractivity contribution < 1.29 is 9.90 Å². The lowest BCUT2D eigenvalue weighted by molar-refractivity contribution is 0.0765. The van der Waals surface area contributed by atoms with E-state index >= 15 is 0 Å². The van der Waals surface area contributed by atoms with Crippen LogP contribution in [0.2, 0.25) is 0 Å². The van der Waals surface area contributed by atoms with Crippen molar-refractivity contribution in [1.29, 1.82) is 0 Å². The highest BCUT2D eigenvalue weighted by atomic mass is 16.3. The molecule has 7 nitrogen and oxygen atoms in total. The number of rotatable bonds is 3. The number of aliphatic hydroxyl groups is 1. The summed E-state index contributed by atoms with van der Waals surface area (Å²) in [5.74, 6) is 0.269. The second kappa shape index (κ2) is 4.46. The maximum Gasteiger partial charge on any atom is 0.257 e. The van der Waals surface area contributed by atoms with Gasteiger partial charge < -0.3 is 10.0 Å². The summed E-state index contributed by atoms with van der Waals surface area (Å²) in [4.78, 5) is 21.5. The lowest BCUT2D eigenvalue weighted by atomic mass is 10.2. The van der Waals surface area contributed by atoms with Crippen molar-refractivity contribution >= 4 is 11.7 Å². The molecule has 0 spiro atoms. The fourth-order valence-electron chi connectivity index (χ4n) is 1.56. The molecule has 0 saturated carbocycles. The molecule has 2 aromatic rings. The number of carbonyl (C=O) groups is 1. The second-order valence-corrected chi connectivity index (χ2v) is 3.68. The van der Waals surface area contributed by atoms with Crippen LogP contribution in [0.25, 0.3) is 5.78 Å². The van der Waals surface area contributed by atoms with E-state index in [4.69, 9.17) is 5.11 Å². The van der Waals surface area contributed by atoms with Crippen LogP contribution in [0.3, 0.4) is 0 Å². The summed E-state index contributed by atoms with van der Waals surface area (Å²) in [5, 5.41) is 12.8. The van der Waals surface area contributed by atoms with Gasteiger partial charge in [0.15, 0.2) is 0 Å². The SMILES string of the molecule is Cc1c(C(=O)N(C)CCO)cnc2ncnn12. The molecule has 0 unspecified atom stereocenters. The third kappa shape index (κ3) is 1.96. The Morgan fingerprint density at radius 3 is 3.00 bits per heavy atom. The van der Waals surface area contributed by atoms with Gasteiger partial charge in [-0.15, -0.1) is 0 Å². The van der Waals surface area contributed by atoms with E-state index in [1.165, 1.54) is 21.9 Å². The molecule has 1 N–H and O–H groups in total. The van der Waals surface area contributed by atoms with Gasteiger partial charge in [0.1, 0.15) is 6.33 Å². The zero-order valence-corrected chi connectivity index (χ0v) is 9.66. The fourth-order valence-corrected chi connectivity index (χ4v) is 1.56. The molecule has 0 aromatic carbocycles. The Morgan fingerprint density at radius 1 is 1.53 bits per heavy atom. The summed E-state index contributed by atoms with van der Waals surface area (Å²) >= 11 is 0. The molecule has 2 aromatic heterocycles. The number of aliphatic hydroxyl groups excluding tert-OH is 1. The minimum Gasteiger partial charge on any atom is -0.395 e. The van der Waals surface area contributed by atoms with Crippen molar-refractivity contribution in [3.63, 3.8) is 0 Å². The van der Waals surface area contributed by atoms with Crippen LogP contribution in [0.15, 0.2) is 12.5 Å². The molecule has 0 fully saturated rings. The Balaban J connectivity index is 2.41. The minimum absolute atomic E-state index is 0.0692. The van der Waals surface area contributed by atoms with Gasteiger partial charge in [0.05, 0.1) is 17.9 Å². The van der Waals surface area contributed by atoms with Gasteiger partial charge in [-0.05, 0) is 6.92 Å². The van der Waals surface area contributed by atoms with Crippen LogP contribution in [-0.2, 0) is 0 Å². The third-order valence-corrected chi connectivity index (χ3v) is 2.56. The molecule has 0 bridgehead atoms. The van der Waals surface area contributed by atoms with Gasteiger partial charge >= 0.3 is 0 Å². The summed E-state index contributed by atoms with van der Waals surface area (Å²) in [6.07, 6.45) is 2.87. The predicted molar refractivity (Wildman–Crippen MR) is 59.6 cm³/mol. The van der Waals surface area contributed by atoms with E-state index in [0.717, 1.165) is 0 Å². The van der Waals surface area contributed by atoms with E-state index in [0.29, 0.717) is 17.0 Å². The third-order valence-electron chi connectivity index (χ3n) is 2.56. The molecule has 0 radical (unpaired) electrons. The van der Waals surface area contributed by atoms with Gasteiger partial charge in [-0.25, -0.2) is 9.50 Å². The van der Waals surface area contributed by atoms with Crippen LogP contribution >= 0.6 is 0 Å². The van der Waals surface area contributed by atoms with Crippen molar-refractivity contribution in [2.45, 2.75) is 6.92 Å². The number of hydrogen-bond donors (Lipinski definition) is 1. The molecular formula is C10H13N5O2. The number of carbonyl (C=O) groups excluding carboxylic acids is 1. The first-order chi connectivity index (χ1) is 8.15. The molecule has 0 aliphatic heterocycles. The Labute approximate surface area is 97.7 Å². The number of likely N-dealkylation sites (N-methyl/N-ethyl adjacent to an activating group) is 1. The Kier molecular flexibility index (Phi) is 3.01. The highest BCUT2D eigenvalue weighted by Crippen LogP contribution is 2.09. The first kappa shape index (κ1) is 11.5. The van der Waals surface area contributed by atoms with Gasteiger partial charge in [0, 0.05) is 19.8 Å². The van der Waals surface area contributed by atoms with Gasteiger partial charge in [-0.2, -0.15) is 10.1 Å². The highest BCUT2D eigenvalue weighted by molar-refractivity contribution is 5.94. The minimum atomic E-state index is -0.193. The van der Waals surface area contributed by atoms with E-state index in [2.05, 4.69) is 15.1 Å². The standard InChI is InChI=1S/C10H13N5O2/c1-7-8(9(17)14(2)3-4-16)5-11-10-12-6-13-15(7)10/h5-6,16H,3-4H2,1-2H3. The summed E-state index contributed by atoms with van der Waals surface area (Å²) in [6.45, 7) is 2.00. The monoisotopic (exact) mass is 235 g/mol. The summed E-state index contributed by atoms with van der Waals surface area (Å²) in [5.41, 5.74) is 1.14. The maximum atomic E-state index is 12.0. The number of amides is 1. The normalized spacial score (nSPS) is 10.8. The van der Waals surface area contributed by atoms with E-state index in [9.17, 15) is 4.79 Å². The van der Waals surface area contributed by atoms with Gasteiger partial charge in [-0.3, -0.25) is 4.79 Å². The average molecular weight is 235 g/mol. The number of fused-ring (bicyclic) bond motifs is 1. The van der Waals surface area contributed by atoms with Gasteiger partial charge in [0.2, 0.25) is 0 Å². The largest absolute Gasteiger partial charge is 0.395 e. The summed E-state index contributed by atoms with van der Waals surface area (Å²) < 4.78 is 1.51. The summed E-state index contributed by atoms with van der Waals surface area (Å²) in [7, 11) is 1.63. The number of aromatic nitrogens is 4. The average Bonchev–Trinajstić information content (AvgIpc) is 2.78. The smallest absolute Gasteiger partial charge is 0.257 e. The van der Waals surface area contributed by atoms with Crippen LogP contribution < -0.4 is 0 Å². The first-order valence-corrected chi connectivity index (χ1v) is 5.17. The summed E-state index contributed by atoms with van der Waals surface area (Å²) in [6, 6.07) is 0. The zero-order chi connectivity index (χ0) is 12.4. The Bertz CT molecular complexity index is 551.